The smallest absolute Gasteiger partial charge is 0.327 e. The number of hydrogen-bond acceptors (Lipinski definition) is 12. The molecular formula is C55H57N3O11. The molecule has 1 saturated carbocycles. The molecule has 0 radical (unpaired) electrons. The number of fused-ring (bicyclic) bond motifs is 4. The number of benzene rings is 5. The first-order valence-corrected chi connectivity index (χ1v) is 23.4. The number of amides is 2. The normalized spacial score (nSPS) is 24.0. The van der Waals surface area contributed by atoms with Gasteiger partial charge in [0.05, 0.1) is 19.2 Å². The van der Waals surface area contributed by atoms with Gasteiger partial charge in [0.15, 0.2) is 6.04 Å². The minimum Gasteiger partial charge on any atom is -0.508 e. The molecule has 4 aliphatic rings. The molecule has 3 heterocycles. The molecule has 0 spiro atoms. The van der Waals surface area contributed by atoms with Crippen LogP contribution in [-0.2, 0) is 63.5 Å². The second-order valence-corrected chi connectivity index (χ2v) is 19.1. The van der Waals surface area contributed by atoms with Crippen molar-refractivity contribution in [2.24, 2.45) is 5.41 Å². The van der Waals surface area contributed by atoms with E-state index < -0.39 is 77.1 Å². The molecule has 7 atom stereocenters. The maximum Gasteiger partial charge on any atom is 0.327 e. The van der Waals surface area contributed by atoms with Crippen molar-refractivity contribution in [1.29, 1.82) is 0 Å². The standard InChI is InChI=1S/C55H57N3O11/c1-53(2,3)66-45(61)29-28-42(34-59)57-50(62)39-18-13-15-37(30-39)32-56-52(64)54-31-44-46-47(68-55(67-46,40-19-6-4-7-20-40)41-21-8-5-9-22-41)49(54)69-58(48(54)51(63)65-44)33-36-26-24-35(25-27-36)14-12-17-38-16-10-11-23-43(38)60/h4-16,18-27,30,42,44,46-49,59-60H,17,28-29,31-34H2,1-3H3,(H,56,64)(H,57,62). The molecule has 5 aromatic carbocycles. The Balaban J connectivity index is 0.974. The lowest BCUT2D eigenvalue weighted by molar-refractivity contribution is -0.213. The minimum absolute atomic E-state index is 0.00518. The Labute approximate surface area is 401 Å². The maximum atomic E-state index is 15.2. The highest BCUT2D eigenvalue weighted by Gasteiger charge is 2.76. The van der Waals surface area contributed by atoms with Crippen LogP contribution in [0.1, 0.15) is 83.8 Å². The Hall–Kier alpha value is -6.68. The number of phenols is 1. The van der Waals surface area contributed by atoms with Crippen molar-refractivity contribution in [3.8, 4) is 5.75 Å². The molecule has 5 aromatic rings. The average molecular weight is 936 g/mol. The van der Waals surface area contributed by atoms with Crippen molar-refractivity contribution in [2.45, 2.75) is 107 Å². The lowest BCUT2D eigenvalue weighted by Crippen LogP contribution is -2.69. The third-order valence-corrected chi connectivity index (χ3v) is 13.2. The molecule has 9 rings (SSSR count). The number of carbonyl (C=O) groups is 4. The van der Waals surface area contributed by atoms with Gasteiger partial charge in [-0.2, -0.15) is 5.06 Å². The third-order valence-electron chi connectivity index (χ3n) is 13.2. The number of hydroxylamine groups is 2. The zero-order valence-electron chi connectivity index (χ0n) is 38.8. The molecule has 7 unspecified atom stereocenters. The fourth-order valence-electron chi connectivity index (χ4n) is 9.94. The zero-order chi connectivity index (χ0) is 48.3. The Kier molecular flexibility index (Phi) is 13.6. The number of aliphatic hydroxyl groups is 1. The van der Waals surface area contributed by atoms with Gasteiger partial charge in [-0.3, -0.25) is 24.0 Å². The summed E-state index contributed by atoms with van der Waals surface area (Å²) >= 11 is 0. The van der Waals surface area contributed by atoms with Crippen LogP contribution in [0.3, 0.4) is 0 Å². The molecule has 0 aromatic heterocycles. The Morgan fingerprint density at radius 2 is 1.54 bits per heavy atom. The van der Waals surface area contributed by atoms with E-state index in [-0.39, 0.29) is 44.7 Å². The number of nitrogens with zero attached hydrogens (tertiary/aromatic N) is 1. The van der Waals surface area contributed by atoms with Crippen LogP contribution in [0.4, 0.5) is 0 Å². The van der Waals surface area contributed by atoms with Crippen molar-refractivity contribution in [2.75, 3.05) is 6.61 Å². The van der Waals surface area contributed by atoms with E-state index in [0.29, 0.717) is 17.5 Å². The van der Waals surface area contributed by atoms with Crippen LogP contribution in [0.5, 0.6) is 5.75 Å². The average Bonchev–Trinajstić information content (AvgIpc) is 3.93. The fraction of sp³-hybridized carbons (Fsp3) is 0.345. The highest BCUT2D eigenvalue weighted by atomic mass is 16.8. The van der Waals surface area contributed by atoms with E-state index >= 15 is 4.79 Å². The van der Waals surface area contributed by atoms with Crippen LogP contribution in [0.15, 0.2) is 140 Å². The van der Waals surface area contributed by atoms with Crippen molar-refractivity contribution in [3.63, 3.8) is 0 Å². The summed E-state index contributed by atoms with van der Waals surface area (Å²) in [5, 5.41) is 27.7. The van der Waals surface area contributed by atoms with Gasteiger partial charge in [-0.25, -0.2) is 0 Å². The number of hydrogen-bond donors (Lipinski definition) is 4. The van der Waals surface area contributed by atoms with Gasteiger partial charge in [-0.05, 0) is 74.1 Å². The second kappa shape index (κ2) is 19.7. The van der Waals surface area contributed by atoms with Crippen LogP contribution < -0.4 is 10.6 Å². The van der Waals surface area contributed by atoms with Gasteiger partial charge in [0, 0.05) is 36.1 Å². The van der Waals surface area contributed by atoms with Gasteiger partial charge < -0.3 is 39.8 Å². The molecule has 2 amide bonds. The highest BCUT2D eigenvalue weighted by molar-refractivity contribution is 5.95. The van der Waals surface area contributed by atoms with Crippen molar-refractivity contribution >= 4 is 29.8 Å². The molecule has 4 fully saturated rings. The topological polar surface area (TPSA) is 182 Å². The van der Waals surface area contributed by atoms with E-state index in [9.17, 15) is 24.6 Å². The summed E-state index contributed by atoms with van der Waals surface area (Å²) in [5.74, 6) is -3.12. The summed E-state index contributed by atoms with van der Waals surface area (Å²) < 4.78 is 25.8. The van der Waals surface area contributed by atoms with Crippen LogP contribution in [-0.4, -0.2) is 87.7 Å². The first-order chi connectivity index (χ1) is 33.3. The van der Waals surface area contributed by atoms with E-state index in [1.54, 1.807) is 62.2 Å². The molecular weight excluding hydrogens is 879 g/mol. The summed E-state index contributed by atoms with van der Waals surface area (Å²) in [6.45, 7) is 5.08. The largest absolute Gasteiger partial charge is 0.508 e. The number of aromatic hydroxyl groups is 1. The van der Waals surface area contributed by atoms with Crippen LogP contribution in [0.2, 0.25) is 0 Å². The number of ether oxygens (including phenoxy) is 4. The number of esters is 2. The Morgan fingerprint density at radius 1 is 0.855 bits per heavy atom. The number of aliphatic hydroxyl groups excluding tert-OH is 1. The first kappa shape index (κ1) is 47.4. The predicted molar refractivity (Wildman–Crippen MR) is 254 cm³/mol. The summed E-state index contributed by atoms with van der Waals surface area (Å²) in [6, 6.07) is 39.0. The van der Waals surface area contributed by atoms with Gasteiger partial charge in [0.2, 0.25) is 11.7 Å². The van der Waals surface area contributed by atoms with Gasteiger partial charge in [-0.1, -0.05) is 127 Å². The van der Waals surface area contributed by atoms with Crippen molar-refractivity contribution in [1.82, 2.24) is 15.7 Å². The highest BCUT2D eigenvalue weighted by Crippen LogP contribution is 2.59. The number of para-hydroxylation sites is 1. The lowest BCUT2D eigenvalue weighted by atomic mass is 9.62. The summed E-state index contributed by atoms with van der Waals surface area (Å²) in [5.41, 5.74) is 2.78. The molecule has 14 heteroatoms. The fourth-order valence-corrected chi connectivity index (χ4v) is 9.94. The molecule has 14 nitrogen and oxygen atoms in total. The van der Waals surface area contributed by atoms with Crippen LogP contribution in [0.25, 0.3) is 6.08 Å². The van der Waals surface area contributed by atoms with Gasteiger partial charge in [0.1, 0.15) is 41.2 Å². The van der Waals surface area contributed by atoms with E-state index in [2.05, 4.69) is 10.6 Å². The minimum atomic E-state index is -1.49. The summed E-state index contributed by atoms with van der Waals surface area (Å²) in [7, 11) is 0. The quantitative estimate of drug-likeness (QED) is 0.0774. The number of carbonyl (C=O) groups excluding carboxylic acids is 4. The number of nitrogens with one attached hydrogen (secondary N) is 2. The van der Waals surface area contributed by atoms with Gasteiger partial charge in [0.25, 0.3) is 5.91 Å². The van der Waals surface area contributed by atoms with E-state index in [1.807, 2.05) is 109 Å². The van der Waals surface area contributed by atoms with Gasteiger partial charge >= 0.3 is 11.9 Å². The van der Waals surface area contributed by atoms with Crippen LogP contribution >= 0.6 is 0 Å². The predicted octanol–water partition coefficient (Wildman–Crippen LogP) is 6.66. The first-order valence-electron chi connectivity index (χ1n) is 23.4. The van der Waals surface area contributed by atoms with E-state index in [1.165, 1.54) is 0 Å². The summed E-state index contributed by atoms with van der Waals surface area (Å²) in [4.78, 5) is 62.3. The zero-order valence-corrected chi connectivity index (χ0v) is 38.8. The molecule has 1 aliphatic carbocycles. The number of allylic oxidation sites excluding steroid dienone is 1. The molecule has 3 aliphatic heterocycles. The van der Waals surface area contributed by atoms with E-state index in [0.717, 1.165) is 27.8 Å². The monoisotopic (exact) mass is 935 g/mol. The van der Waals surface area contributed by atoms with Crippen molar-refractivity contribution < 1.29 is 53.2 Å². The Morgan fingerprint density at radius 3 is 2.22 bits per heavy atom. The SMILES string of the molecule is CC(C)(C)OC(=O)CCC(CO)NC(=O)c1cccc(CNC(=O)C23CC4OC(=O)C2N(Cc2ccc(C=CCc5ccccc5O)cc2)OC3C2OC(c3ccccc3)(c3ccccc3)OC42)c1. The van der Waals surface area contributed by atoms with E-state index in [4.69, 9.17) is 23.8 Å². The second-order valence-electron chi connectivity index (χ2n) is 19.1. The third kappa shape index (κ3) is 9.81. The maximum absolute atomic E-state index is 15.2. The number of phenolic OH excluding ortho intramolecular Hbond substituents is 1. The molecule has 358 valence electrons. The Bertz CT molecular complexity index is 2650. The number of rotatable bonds is 16. The summed E-state index contributed by atoms with van der Waals surface area (Å²) in [6.07, 6.45) is 1.28. The molecule has 2 bridgehead atoms. The lowest BCUT2D eigenvalue weighted by Gasteiger charge is -2.48. The molecule has 4 N–H and O–H groups in total. The molecule has 3 saturated heterocycles. The molecule has 69 heavy (non-hydrogen) atoms. The van der Waals surface area contributed by atoms with Crippen LogP contribution in [0, 0.1) is 5.41 Å². The van der Waals surface area contributed by atoms with Crippen molar-refractivity contribution in [3.05, 3.63) is 178 Å². The van der Waals surface area contributed by atoms with Gasteiger partial charge in [-0.15, -0.1) is 0 Å².